The van der Waals surface area contributed by atoms with E-state index in [1.165, 1.54) is 36.4 Å². The van der Waals surface area contributed by atoms with Crippen LogP contribution in [0.25, 0.3) is 0 Å². The zero-order chi connectivity index (χ0) is 15.6. The molecule has 108 valence electrons. The van der Waals surface area contributed by atoms with Crippen LogP contribution in [-0.4, -0.2) is 8.42 Å². The molecule has 2 aromatic carbocycles. The molecule has 2 rings (SSSR count). The van der Waals surface area contributed by atoms with Crippen molar-refractivity contribution < 1.29 is 8.42 Å². The highest BCUT2D eigenvalue weighted by Gasteiger charge is 2.16. The molecule has 0 aliphatic carbocycles. The first-order valence-electron chi connectivity index (χ1n) is 5.61. The lowest BCUT2D eigenvalue weighted by Gasteiger charge is -2.09. The monoisotopic (exact) mass is 385 g/mol. The van der Waals surface area contributed by atoms with Crippen molar-refractivity contribution >= 4 is 48.9 Å². The molecular formula is C13H9BrClN3O2S. The minimum atomic E-state index is -3.78. The Kier molecular flexibility index (Phi) is 4.42. The topological polar surface area (TPSA) is 96.0 Å². The number of benzene rings is 2. The molecule has 0 fully saturated rings. The molecule has 0 radical (unpaired) electrons. The third-order valence-electron chi connectivity index (χ3n) is 2.62. The van der Waals surface area contributed by atoms with E-state index in [2.05, 4.69) is 20.7 Å². The van der Waals surface area contributed by atoms with Crippen LogP contribution in [0.1, 0.15) is 5.56 Å². The minimum absolute atomic E-state index is 0.0528. The van der Waals surface area contributed by atoms with Gasteiger partial charge in [0.05, 0.1) is 21.2 Å². The van der Waals surface area contributed by atoms with E-state index in [1.54, 1.807) is 0 Å². The van der Waals surface area contributed by atoms with E-state index < -0.39 is 10.0 Å². The number of nitrogen functional groups attached to an aromatic ring is 1. The van der Waals surface area contributed by atoms with Crippen LogP contribution in [0, 0.1) is 11.3 Å². The summed E-state index contributed by atoms with van der Waals surface area (Å²) in [5.74, 6) is 0. The Balaban J connectivity index is 2.37. The number of nitrogens with two attached hydrogens (primary N) is 1. The summed E-state index contributed by atoms with van der Waals surface area (Å²) in [7, 11) is -3.78. The fraction of sp³-hybridized carbons (Fsp3) is 0. The number of anilines is 2. The van der Waals surface area contributed by atoms with Gasteiger partial charge in [0.2, 0.25) is 0 Å². The smallest absolute Gasteiger partial charge is 0.261 e. The van der Waals surface area contributed by atoms with Gasteiger partial charge in [-0.15, -0.1) is 0 Å². The van der Waals surface area contributed by atoms with E-state index in [4.69, 9.17) is 22.6 Å². The summed E-state index contributed by atoms with van der Waals surface area (Å²) < 4.78 is 27.4. The molecule has 0 bridgehead atoms. The molecule has 8 heteroatoms. The molecular weight excluding hydrogens is 378 g/mol. The molecule has 0 atom stereocenters. The first-order valence-corrected chi connectivity index (χ1v) is 8.26. The average molecular weight is 387 g/mol. The second kappa shape index (κ2) is 5.93. The van der Waals surface area contributed by atoms with Gasteiger partial charge < -0.3 is 5.73 Å². The third kappa shape index (κ3) is 3.47. The van der Waals surface area contributed by atoms with Crippen molar-refractivity contribution in [2.75, 3.05) is 10.5 Å². The molecule has 2 aromatic rings. The summed E-state index contributed by atoms with van der Waals surface area (Å²) >= 11 is 8.98. The minimum Gasteiger partial charge on any atom is -0.398 e. The SMILES string of the molecule is N#Cc1cc(NS(=O)(=O)c2ccc(N)c(Br)c2)ccc1Cl. The molecule has 0 spiro atoms. The van der Waals surface area contributed by atoms with Crippen molar-refractivity contribution in [2.24, 2.45) is 0 Å². The standard InChI is InChI=1S/C13H9BrClN3O2S/c14-11-6-10(2-4-13(11)17)21(19,20)18-9-1-3-12(15)8(5-9)7-16/h1-6,18H,17H2. The highest BCUT2D eigenvalue weighted by Crippen LogP contribution is 2.26. The maximum atomic E-state index is 12.3. The van der Waals surface area contributed by atoms with Crippen molar-refractivity contribution in [3.05, 3.63) is 51.5 Å². The van der Waals surface area contributed by atoms with Gasteiger partial charge in [-0.1, -0.05) is 11.6 Å². The number of nitriles is 1. The number of nitrogens with one attached hydrogen (secondary N) is 1. The molecule has 0 aliphatic rings. The van der Waals surface area contributed by atoms with Crippen LogP contribution in [0.3, 0.4) is 0 Å². The van der Waals surface area contributed by atoms with Gasteiger partial charge in [0, 0.05) is 10.2 Å². The first kappa shape index (κ1) is 15.6. The van der Waals surface area contributed by atoms with Crippen molar-refractivity contribution in [1.29, 1.82) is 5.26 Å². The molecule has 3 N–H and O–H groups in total. The summed E-state index contributed by atoms with van der Waals surface area (Å²) in [6.07, 6.45) is 0. The summed E-state index contributed by atoms with van der Waals surface area (Å²) in [6, 6.07) is 10.5. The fourth-order valence-corrected chi connectivity index (χ4v) is 3.33. The normalized spacial score (nSPS) is 10.9. The fourth-order valence-electron chi connectivity index (χ4n) is 1.56. The number of hydrogen-bond donors (Lipinski definition) is 2. The van der Waals surface area contributed by atoms with E-state index in [1.807, 2.05) is 6.07 Å². The van der Waals surface area contributed by atoms with E-state index in [9.17, 15) is 8.42 Å². The Hall–Kier alpha value is -1.75. The molecule has 0 saturated heterocycles. The van der Waals surface area contributed by atoms with Crippen LogP contribution in [-0.2, 0) is 10.0 Å². The Morgan fingerprint density at radius 1 is 1.24 bits per heavy atom. The predicted molar refractivity (Wildman–Crippen MR) is 85.5 cm³/mol. The Morgan fingerprint density at radius 2 is 1.95 bits per heavy atom. The van der Waals surface area contributed by atoms with Gasteiger partial charge in [0.15, 0.2) is 0 Å². The summed E-state index contributed by atoms with van der Waals surface area (Å²) in [6.45, 7) is 0. The van der Waals surface area contributed by atoms with Crippen LogP contribution in [0.15, 0.2) is 45.8 Å². The number of rotatable bonds is 3. The lowest BCUT2D eigenvalue weighted by atomic mass is 10.2. The molecule has 21 heavy (non-hydrogen) atoms. The quantitative estimate of drug-likeness (QED) is 0.791. The predicted octanol–water partition coefficient (Wildman–Crippen LogP) is 3.36. The maximum Gasteiger partial charge on any atom is 0.261 e. The molecule has 0 aliphatic heterocycles. The number of sulfonamides is 1. The summed E-state index contributed by atoms with van der Waals surface area (Å²) in [5, 5.41) is 9.15. The van der Waals surface area contributed by atoms with E-state index >= 15 is 0 Å². The van der Waals surface area contributed by atoms with Gasteiger partial charge in [-0.3, -0.25) is 4.72 Å². The van der Waals surface area contributed by atoms with Crippen LogP contribution in [0.5, 0.6) is 0 Å². The first-order chi connectivity index (χ1) is 9.83. The van der Waals surface area contributed by atoms with Crippen LogP contribution < -0.4 is 10.5 Å². The largest absolute Gasteiger partial charge is 0.398 e. The zero-order valence-electron chi connectivity index (χ0n) is 10.5. The van der Waals surface area contributed by atoms with Crippen LogP contribution in [0.2, 0.25) is 5.02 Å². The molecule has 0 aromatic heterocycles. The highest BCUT2D eigenvalue weighted by atomic mass is 79.9. The van der Waals surface area contributed by atoms with Crippen LogP contribution in [0.4, 0.5) is 11.4 Å². The molecule has 0 unspecified atom stereocenters. The lowest BCUT2D eigenvalue weighted by Crippen LogP contribution is -2.13. The number of halogens is 2. The lowest BCUT2D eigenvalue weighted by molar-refractivity contribution is 0.601. The van der Waals surface area contributed by atoms with E-state index in [-0.39, 0.29) is 21.2 Å². The van der Waals surface area contributed by atoms with E-state index in [0.717, 1.165) is 0 Å². The van der Waals surface area contributed by atoms with Gasteiger partial charge >= 0.3 is 0 Å². The Morgan fingerprint density at radius 3 is 2.57 bits per heavy atom. The number of nitrogens with zero attached hydrogens (tertiary/aromatic N) is 1. The Bertz CT molecular complexity index is 847. The Labute approximate surface area is 135 Å². The average Bonchev–Trinajstić information content (AvgIpc) is 2.43. The molecule has 5 nitrogen and oxygen atoms in total. The number of hydrogen-bond acceptors (Lipinski definition) is 4. The summed E-state index contributed by atoms with van der Waals surface area (Å²) in [5.41, 5.74) is 6.51. The second-order valence-electron chi connectivity index (χ2n) is 4.10. The zero-order valence-corrected chi connectivity index (χ0v) is 13.6. The second-order valence-corrected chi connectivity index (χ2v) is 7.04. The molecule has 0 saturated carbocycles. The molecule has 0 heterocycles. The maximum absolute atomic E-state index is 12.3. The van der Waals surface area contributed by atoms with Crippen molar-refractivity contribution in [3.63, 3.8) is 0 Å². The van der Waals surface area contributed by atoms with Gasteiger partial charge in [-0.2, -0.15) is 5.26 Å². The van der Waals surface area contributed by atoms with E-state index in [0.29, 0.717) is 10.2 Å². The van der Waals surface area contributed by atoms with Gasteiger partial charge in [0.1, 0.15) is 6.07 Å². The highest BCUT2D eigenvalue weighted by molar-refractivity contribution is 9.10. The van der Waals surface area contributed by atoms with Gasteiger partial charge in [-0.05, 0) is 52.3 Å². The van der Waals surface area contributed by atoms with Crippen LogP contribution >= 0.6 is 27.5 Å². The van der Waals surface area contributed by atoms with Crippen molar-refractivity contribution in [1.82, 2.24) is 0 Å². The summed E-state index contributed by atoms with van der Waals surface area (Å²) in [4.78, 5) is 0.0528. The van der Waals surface area contributed by atoms with Gasteiger partial charge in [0.25, 0.3) is 10.0 Å². The molecule has 0 amide bonds. The van der Waals surface area contributed by atoms with Crippen molar-refractivity contribution in [3.8, 4) is 6.07 Å². The van der Waals surface area contributed by atoms with Gasteiger partial charge in [-0.25, -0.2) is 8.42 Å². The van der Waals surface area contributed by atoms with Crippen molar-refractivity contribution in [2.45, 2.75) is 4.90 Å². The third-order valence-corrected chi connectivity index (χ3v) is 5.02.